The van der Waals surface area contributed by atoms with Gasteiger partial charge in [0.1, 0.15) is 0 Å². The van der Waals surface area contributed by atoms with E-state index in [0.29, 0.717) is 5.02 Å². The van der Waals surface area contributed by atoms with E-state index >= 15 is 0 Å². The van der Waals surface area contributed by atoms with Gasteiger partial charge in [-0.1, -0.05) is 217 Å². The molecule has 10 heteroatoms. The zero-order valence-electron chi connectivity index (χ0n) is 50.7. The molecule has 17 rings (SSSR count). The number of nitrogens with zero attached hydrogens (tertiary/aromatic N) is 5. The highest BCUT2D eigenvalue weighted by atomic mass is 79.9. The number of rotatable bonds is 11. The van der Waals surface area contributed by atoms with E-state index in [1.165, 1.54) is 65.4 Å². The maximum atomic E-state index is 7.80. The molecular weight excluding hydrogens is 1320 g/mol. The summed E-state index contributed by atoms with van der Waals surface area (Å²) in [5.74, 6) is 0. The third-order valence-electron chi connectivity index (χ3n) is 17.0. The van der Waals surface area contributed by atoms with Gasteiger partial charge in [0.2, 0.25) is 0 Å². The summed E-state index contributed by atoms with van der Waals surface area (Å²) < 4.78 is 8.88. The third-order valence-corrected chi connectivity index (χ3v) is 19.5. The van der Waals surface area contributed by atoms with Crippen molar-refractivity contribution < 1.29 is 0 Å². The van der Waals surface area contributed by atoms with Gasteiger partial charge in [0.25, 0.3) is 0 Å². The zero-order valence-corrected chi connectivity index (χ0v) is 55.3. The van der Waals surface area contributed by atoms with Crippen molar-refractivity contribution in [3.63, 3.8) is 0 Å². The van der Waals surface area contributed by atoms with Crippen molar-refractivity contribution in [2.75, 3.05) is 15.1 Å². The van der Waals surface area contributed by atoms with Gasteiger partial charge in [-0.05, 0) is 184 Å². The number of fused-ring (bicyclic) bond motifs is 9. The molecular formula is C84H58Br2Cl2N6. The maximum Gasteiger partial charge on any atom is 0.0887 e. The first-order valence-corrected chi connectivity index (χ1v) is 33.4. The average molecular weight is 1380 g/mol. The van der Waals surface area contributed by atoms with Crippen molar-refractivity contribution in [3.8, 4) is 17.1 Å². The summed E-state index contributed by atoms with van der Waals surface area (Å²) in [6.07, 6.45) is 0. The molecule has 0 atom stereocenters. The number of aromatic nitrogens is 3. The van der Waals surface area contributed by atoms with Crippen molar-refractivity contribution in [3.05, 3.63) is 365 Å². The smallest absolute Gasteiger partial charge is 0.0887 e. The van der Waals surface area contributed by atoms with Gasteiger partial charge in [0, 0.05) is 92.4 Å². The molecule has 0 saturated carbocycles. The molecule has 3 heterocycles. The molecule has 0 unspecified atom stereocenters. The van der Waals surface area contributed by atoms with E-state index in [4.69, 9.17) is 23.2 Å². The first kappa shape index (κ1) is 59.7. The van der Waals surface area contributed by atoms with Crippen LogP contribution in [-0.2, 0) is 0 Å². The number of nitrogens with one attached hydrogen (secondary N) is 1. The molecule has 0 amide bonds. The highest BCUT2D eigenvalue weighted by Crippen LogP contribution is 2.48. The molecule has 14 aromatic carbocycles. The lowest BCUT2D eigenvalue weighted by atomic mass is 10.1. The van der Waals surface area contributed by atoms with Crippen molar-refractivity contribution >= 4 is 166 Å². The van der Waals surface area contributed by atoms with Crippen molar-refractivity contribution in [2.45, 2.75) is 0 Å². The molecule has 0 bridgehead atoms. The van der Waals surface area contributed by atoms with E-state index < -0.39 is 0 Å². The summed E-state index contributed by atoms with van der Waals surface area (Å²) in [7, 11) is 0. The van der Waals surface area contributed by atoms with Crippen LogP contribution in [-0.4, -0.2) is 13.7 Å². The van der Waals surface area contributed by atoms with E-state index in [0.717, 1.165) is 76.5 Å². The van der Waals surface area contributed by atoms with Gasteiger partial charge in [-0.15, -0.1) is 0 Å². The first-order chi connectivity index (χ1) is 46.3. The van der Waals surface area contributed by atoms with E-state index in [1.807, 2.05) is 36.4 Å². The molecule has 0 aliphatic carbocycles. The molecule has 452 valence electrons. The second-order valence-corrected chi connectivity index (χ2v) is 25.1. The fraction of sp³-hybridized carbons (Fsp3) is 0. The van der Waals surface area contributed by atoms with Crippen LogP contribution in [0, 0.1) is 0 Å². The predicted molar refractivity (Wildman–Crippen MR) is 407 cm³/mol. The Morgan fingerprint density at radius 3 is 0.883 bits per heavy atom. The summed E-state index contributed by atoms with van der Waals surface area (Å²) in [6.45, 7) is 0. The van der Waals surface area contributed by atoms with Crippen LogP contribution in [0.4, 0.5) is 45.5 Å². The second-order valence-electron chi connectivity index (χ2n) is 22.7. The van der Waals surface area contributed by atoms with Crippen LogP contribution >= 0.6 is 55.1 Å². The Bertz CT molecular complexity index is 5170. The Balaban J connectivity index is 0.000000170. The second kappa shape index (κ2) is 26.6. The van der Waals surface area contributed by atoms with Gasteiger partial charge in [0.15, 0.2) is 0 Å². The number of halogens is 4. The molecule has 94 heavy (non-hydrogen) atoms. The van der Waals surface area contributed by atoms with Crippen molar-refractivity contribution in [2.24, 2.45) is 0 Å². The molecule has 1 N–H and O–H groups in total. The summed E-state index contributed by atoms with van der Waals surface area (Å²) in [6, 6.07) is 121. The molecule has 6 nitrogen and oxygen atoms in total. The average Bonchev–Trinajstić information content (AvgIpc) is 1.58. The fourth-order valence-electron chi connectivity index (χ4n) is 12.9. The Kier molecular flexibility index (Phi) is 16.9. The Labute approximate surface area is 572 Å². The summed E-state index contributed by atoms with van der Waals surface area (Å²) in [5.41, 5.74) is 18.3. The number of hydrogen-bond acceptors (Lipinski definition) is 3. The molecule has 0 aliphatic heterocycles. The highest BCUT2D eigenvalue weighted by Gasteiger charge is 2.24. The van der Waals surface area contributed by atoms with Crippen LogP contribution in [0.3, 0.4) is 0 Å². The SMILES string of the molecule is Clc1c(Br)cccc1Br.Clc1c(N(c2ccccc2)c2cccc(-n3c4ccccc4c4ccccc43)c2)cccc1N(c1ccccc1)c1cccc(-n2c3ccccc3c3ccccc32)c1.c1ccc(Nc2cccc(-n3c4ccccc4c4ccccc43)c2)cc1. The van der Waals surface area contributed by atoms with Crippen LogP contribution < -0.4 is 15.1 Å². The molecule has 0 radical (unpaired) electrons. The van der Waals surface area contributed by atoms with Crippen LogP contribution in [0.2, 0.25) is 10.0 Å². The van der Waals surface area contributed by atoms with Gasteiger partial charge in [-0.3, -0.25) is 0 Å². The molecule has 17 aromatic rings. The first-order valence-electron chi connectivity index (χ1n) is 31.0. The molecule has 0 fully saturated rings. The summed E-state index contributed by atoms with van der Waals surface area (Å²) in [4.78, 5) is 4.53. The number of anilines is 8. The van der Waals surface area contributed by atoms with Crippen LogP contribution in [0.15, 0.2) is 355 Å². The van der Waals surface area contributed by atoms with Gasteiger partial charge in [-0.25, -0.2) is 0 Å². The molecule has 3 aromatic heterocycles. The van der Waals surface area contributed by atoms with Crippen LogP contribution in [0.5, 0.6) is 0 Å². The van der Waals surface area contributed by atoms with Crippen molar-refractivity contribution in [1.29, 1.82) is 0 Å². The minimum Gasteiger partial charge on any atom is -0.355 e. The minimum atomic E-state index is 0.629. The number of para-hydroxylation sites is 9. The normalized spacial score (nSPS) is 11.2. The molecule has 0 aliphatic rings. The van der Waals surface area contributed by atoms with Gasteiger partial charge in [0.05, 0.1) is 54.5 Å². The van der Waals surface area contributed by atoms with E-state index in [-0.39, 0.29) is 0 Å². The van der Waals surface area contributed by atoms with Crippen LogP contribution in [0.25, 0.3) is 82.5 Å². The minimum absolute atomic E-state index is 0.629. The fourth-order valence-corrected chi connectivity index (χ4v) is 14.3. The third kappa shape index (κ3) is 11.6. The quantitative estimate of drug-likeness (QED) is 0.131. The van der Waals surface area contributed by atoms with E-state index in [2.05, 4.69) is 370 Å². The zero-order chi connectivity index (χ0) is 63.5. The molecule has 0 spiro atoms. The lowest BCUT2D eigenvalue weighted by molar-refractivity contribution is 1.16. The Morgan fingerprint density at radius 2 is 0.521 bits per heavy atom. The summed E-state index contributed by atoms with van der Waals surface area (Å²) >= 11 is 20.1. The number of benzene rings is 14. The standard InChI is InChI=1S/C54H37ClN4.C24H18N2.C6H3Br2Cl/c55-54-52(56(38-18-3-1-4-19-38)40-22-15-24-42(36-40)58-48-30-11-7-26-44(48)45-27-8-12-31-49(45)58)34-17-35-53(54)57(39-20-5-2-6-21-39)41-23-16-25-43(37-41)59-50-32-13-9-28-46(50)47-29-10-14-33-51(47)59;1-2-9-18(10-3-1)25-19-11-8-12-20(17-19)26-23-15-6-4-13-21(23)22-14-5-7-16-24(22)26;7-4-2-1-3-5(8)6(4)9/h1-37H;1-17,25H;1-3H. The van der Waals surface area contributed by atoms with E-state index in [1.54, 1.807) is 0 Å². The van der Waals surface area contributed by atoms with E-state index in [9.17, 15) is 0 Å². The van der Waals surface area contributed by atoms with Gasteiger partial charge in [-0.2, -0.15) is 0 Å². The lowest BCUT2D eigenvalue weighted by Crippen LogP contribution is -2.14. The van der Waals surface area contributed by atoms with Crippen molar-refractivity contribution in [1.82, 2.24) is 13.7 Å². The highest BCUT2D eigenvalue weighted by molar-refractivity contribution is 9.11. The largest absolute Gasteiger partial charge is 0.355 e. The number of hydrogen-bond donors (Lipinski definition) is 1. The Hall–Kier alpha value is -10.6. The monoisotopic (exact) mass is 1380 g/mol. The van der Waals surface area contributed by atoms with Gasteiger partial charge < -0.3 is 28.8 Å². The predicted octanol–water partition coefficient (Wildman–Crippen LogP) is 25.9. The van der Waals surface area contributed by atoms with Gasteiger partial charge >= 0.3 is 0 Å². The topological polar surface area (TPSA) is 33.3 Å². The Morgan fingerprint density at radius 1 is 0.245 bits per heavy atom. The molecule has 0 saturated heterocycles. The maximum absolute atomic E-state index is 7.80. The summed E-state index contributed by atoms with van der Waals surface area (Å²) in [5, 5.41) is 12.3. The van der Waals surface area contributed by atoms with Crippen LogP contribution in [0.1, 0.15) is 0 Å². The lowest BCUT2D eigenvalue weighted by Gasteiger charge is -2.31.